The molecule has 1 unspecified atom stereocenters. The van der Waals surface area contributed by atoms with Crippen molar-refractivity contribution in [1.82, 2.24) is 0 Å². The Bertz CT molecular complexity index is 1110. The van der Waals surface area contributed by atoms with Crippen LogP contribution in [0.1, 0.15) is 37.4 Å². The largest absolute Gasteiger partial charge is 0.496 e. The zero-order valence-corrected chi connectivity index (χ0v) is 18.2. The minimum Gasteiger partial charge on any atom is -0.496 e. The number of hydrogen-bond donors (Lipinski definition) is 0. The highest BCUT2D eigenvalue weighted by Gasteiger charge is 2.29. The van der Waals surface area contributed by atoms with Crippen molar-refractivity contribution in [2.45, 2.75) is 13.8 Å². The summed E-state index contributed by atoms with van der Waals surface area (Å²) in [5, 5.41) is 0.193. The fourth-order valence-electron chi connectivity index (χ4n) is 3.42. The van der Waals surface area contributed by atoms with Gasteiger partial charge in [-0.2, -0.15) is 0 Å². The second-order valence-corrected chi connectivity index (χ2v) is 8.23. The van der Waals surface area contributed by atoms with Crippen LogP contribution in [0.3, 0.4) is 0 Å². The van der Waals surface area contributed by atoms with Gasteiger partial charge in [-0.1, -0.05) is 36.4 Å². The van der Waals surface area contributed by atoms with Crippen LogP contribution in [0.4, 0.5) is 0 Å². The molecule has 0 aromatic heterocycles. The fourth-order valence-corrected chi connectivity index (χ4v) is 4.68. The van der Waals surface area contributed by atoms with Gasteiger partial charge in [0.05, 0.1) is 19.5 Å². The summed E-state index contributed by atoms with van der Waals surface area (Å²) >= 11 is 0. The van der Waals surface area contributed by atoms with E-state index in [1.807, 2.05) is 32.0 Å². The first-order valence-electron chi connectivity index (χ1n) is 9.33. The molecule has 30 heavy (non-hydrogen) atoms. The van der Waals surface area contributed by atoms with Crippen molar-refractivity contribution >= 4 is 24.4 Å². The van der Waals surface area contributed by atoms with Crippen LogP contribution in [0.2, 0.25) is 0 Å². The molecule has 5 nitrogen and oxygen atoms in total. The molecule has 0 bridgehead atoms. The Morgan fingerprint density at radius 1 is 0.733 bits per heavy atom. The van der Waals surface area contributed by atoms with Crippen LogP contribution in [0.5, 0.6) is 11.5 Å². The van der Waals surface area contributed by atoms with Crippen molar-refractivity contribution in [3.05, 3.63) is 88.5 Å². The van der Waals surface area contributed by atoms with Crippen LogP contribution < -0.4 is 14.8 Å². The number of ketones is 1. The smallest absolute Gasteiger partial charge is 0.254 e. The third-order valence-corrected chi connectivity index (χ3v) is 6.32. The zero-order valence-electron chi connectivity index (χ0n) is 17.3. The number of hydrogen-bond acceptors (Lipinski definition) is 5. The van der Waals surface area contributed by atoms with Crippen molar-refractivity contribution in [2.24, 2.45) is 0 Å². The van der Waals surface area contributed by atoms with Gasteiger partial charge in [-0.3, -0.25) is 14.2 Å². The first-order chi connectivity index (χ1) is 14.4. The normalized spacial score (nSPS) is 11.0. The van der Waals surface area contributed by atoms with Crippen molar-refractivity contribution in [2.75, 3.05) is 14.2 Å². The Hall–Kier alpha value is -3.30. The van der Waals surface area contributed by atoms with Gasteiger partial charge in [-0.05, 0) is 49.2 Å². The van der Waals surface area contributed by atoms with E-state index in [4.69, 9.17) is 9.47 Å². The van der Waals surface area contributed by atoms with Crippen LogP contribution in [0.25, 0.3) is 0 Å². The van der Waals surface area contributed by atoms with E-state index in [0.29, 0.717) is 5.56 Å². The maximum atomic E-state index is 13.3. The van der Waals surface area contributed by atoms with Crippen molar-refractivity contribution in [3.8, 4) is 11.5 Å². The minimum absolute atomic E-state index is 0.0953. The first kappa shape index (κ1) is 21.4. The summed E-state index contributed by atoms with van der Waals surface area (Å²) < 4.78 is 23.9. The average Bonchev–Trinajstić information content (AvgIpc) is 2.77. The van der Waals surface area contributed by atoms with Gasteiger partial charge in [0.25, 0.3) is 5.52 Å². The molecule has 1 radical (unpaired) electrons. The third kappa shape index (κ3) is 3.89. The van der Waals surface area contributed by atoms with Crippen molar-refractivity contribution in [3.63, 3.8) is 0 Å². The quantitative estimate of drug-likeness (QED) is 0.403. The van der Waals surface area contributed by atoms with E-state index in [1.165, 1.54) is 14.2 Å². The van der Waals surface area contributed by atoms with E-state index < -0.39 is 13.3 Å². The highest BCUT2D eigenvalue weighted by molar-refractivity contribution is 7.71. The Morgan fingerprint density at radius 2 is 1.27 bits per heavy atom. The molecule has 3 aromatic carbocycles. The molecule has 0 fully saturated rings. The van der Waals surface area contributed by atoms with Gasteiger partial charge in [0.1, 0.15) is 17.1 Å². The number of rotatable bonds is 7. The molecular formula is C24H22O5P. The molecular weight excluding hydrogens is 399 g/mol. The van der Waals surface area contributed by atoms with E-state index in [1.54, 1.807) is 42.5 Å². The number of aryl methyl sites for hydroxylation is 2. The molecule has 0 aliphatic rings. The lowest BCUT2D eigenvalue weighted by atomic mass is 9.95. The predicted molar refractivity (Wildman–Crippen MR) is 117 cm³/mol. The molecule has 3 aromatic rings. The Balaban J connectivity index is 2.10. The maximum absolute atomic E-state index is 13.3. The number of ether oxygens (including phenoxy) is 2. The van der Waals surface area contributed by atoms with E-state index in [-0.39, 0.29) is 33.7 Å². The predicted octanol–water partition coefficient (Wildman–Crippen LogP) is 4.84. The molecule has 153 valence electrons. The van der Waals surface area contributed by atoms with Gasteiger partial charge in [0.2, 0.25) is 0 Å². The first-order valence-corrected chi connectivity index (χ1v) is 10.6. The lowest BCUT2D eigenvalue weighted by Crippen LogP contribution is -2.17. The summed E-state index contributed by atoms with van der Waals surface area (Å²) in [7, 11) is 0.266. The minimum atomic E-state index is -2.59. The molecule has 3 rings (SSSR count). The monoisotopic (exact) mass is 421 g/mol. The molecule has 0 N–H and O–H groups in total. The molecule has 0 aliphatic carbocycles. The number of benzene rings is 3. The summed E-state index contributed by atoms with van der Waals surface area (Å²) in [6.07, 6.45) is 0. The molecule has 6 heteroatoms. The summed E-state index contributed by atoms with van der Waals surface area (Å²) in [4.78, 5) is 26.5. The molecule has 0 saturated carbocycles. The van der Waals surface area contributed by atoms with Crippen LogP contribution in [0.15, 0.2) is 60.7 Å². The highest BCUT2D eigenvalue weighted by atomic mass is 31.1. The summed E-state index contributed by atoms with van der Waals surface area (Å²) in [5.74, 6) is 0.270. The SMILES string of the molecule is COc1cccc(OC)c1C(=O)[P](=O)c1ccccc1C(=O)c1c(C)cccc1C. The molecule has 0 aliphatic heterocycles. The van der Waals surface area contributed by atoms with E-state index in [0.717, 1.165) is 11.1 Å². The van der Waals surface area contributed by atoms with E-state index >= 15 is 0 Å². The van der Waals surface area contributed by atoms with Gasteiger partial charge in [-0.25, -0.2) is 0 Å². The summed E-state index contributed by atoms with van der Waals surface area (Å²) in [5.41, 5.74) is 1.89. The van der Waals surface area contributed by atoms with Crippen LogP contribution in [0, 0.1) is 13.8 Å². The fraction of sp³-hybridized carbons (Fsp3) is 0.167. The second kappa shape index (κ2) is 9.02. The van der Waals surface area contributed by atoms with Crippen LogP contribution in [-0.2, 0) is 4.57 Å². The lowest BCUT2D eigenvalue weighted by molar-refractivity contribution is 0.103. The number of methoxy groups -OCH3 is 2. The molecule has 0 saturated heterocycles. The zero-order chi connectivity index (χ0) is 21.8. The Morgan fingerprint density at radius 3 is 1.83 bits per heavy atom. The van der Waals surface area contributed by atoms with Gasteiger partial charge < -0.3 is 9.47 Å². The Labute approximate surface area is 176 Å². The average molecular weight is 421 g/mol. The van der Waals surface area contributed by atoms with Gasteiger partial charge in [0, 0.05) is 11.1 Å². The molecule has 0 amide bonds. The van der Waals surface area contributed by atoms with Gasteiger partial charge >= 0.3 is 0 Å². The number of carbonyl (C=O) groups excluding carboxylic acids is 2. The van der Waals surface area contributed by atoms with E-state index in [9.17, 15) is 14.2 Å². The Kier molecular flexibility index (Phi) is 6.43. The van der Waals surface area contributed by atoms with Crippen LogP contribution in [-0.4, -0.2) is 25.5 Å². The number of carbonyl (C=O) groups is 2. The third-order valence-electron chi connectivity index (χ3n) is 4.90. The lowest BCUT2D eigenvalue weighted by Gasteiger charge is -2.14. The second-order valence-electron chi connectivity index (χ2n) is 6.75. The van der Waals surface area contributed by atoms with Gasteiger partial charge in [-0.15, -0.1) is 0 Å². The van der Waals surface area contributed by atoms with Crippen molar-refractivity contribution < 1.29 is 23.6 Å². The standard InChI is InChI=1S/C24H22O5P/c1-15-9-7-10-16(2)21(15)23(25)17-11-5-6-14-20(17)30(27)24(26)22-18(28-3)12-8-13-19(22)29-4/h5-14H,1-4H3. The topological polar surface area (TPSA) is 69.7 Å². The molecule has 0 spiro atoms. The van der Waals surface area contributed by atoms with E-state index in [2.05, 4.69) is 0 Å². The highest BCUT2D eigenvalue weighted by Crippen LogP contribution is 2.37. The van der Waals surface area contributed by atoms with Crippen molar-refractivity contribution in [1.29, 1.82) is 0 Å². The van der Waals surface area contributed by atoms with Gasteiger partial charge in [0.15, 0.2) is 13.6 Å². The molecule has 0 heterocycles. The summed E-state index contributed by atoms with van der Waals surface area (Å²) in [6.45, 7) is 3.71. The molecule has 1 atom stereocenters. The summed E-state index contributed by atoms with van der Waals surface area (Å²) in [6, 6.07) is 17.0. The van der Waals surface area contributed by atoms with Crippen LogP contribution >= 0.6 is 7.80 Å². The maximum Gasteiger partial charge on any atom is 0.254 e.